The molecular weight excluding hydrogens is 278 g/mol. The average molecular weight is 311 g/mol. The predicted octanol–water partition coefficient (Wildman–Crippen LogP) is 0.977. The van der Waals surface area contributed by atoms with Crippen LogP contribution in [0.5, 0.6) is 0 Å². The second kappa shape index (κ2) is 9.54. The van der Waals surface area contributed by atoms with Crippen molar-refractivity contribution in [1.29, 1.82) is 0 Å². The number of nitrogens with one attached hydrogen (secondary N) is 1. The third kappa shape index (κ3) is 10.3. The molecule has 0 fully saturated rings. The number of rotatable bonds is 12. The van der Waals surface area contributed by atoms with E-state index in [1.165, 1.54) is 12.2 Å². The van der Waals surface area contributed by atoms with Crippen LogP contribution in [-0.2, 0) is 9.59 Å². The summed E-state index contributed by atoms with van der Waals surface area (Å²) in [4.78, 5) is 22.4. The summed E-state index contributed by atoms with van der Waals surface area (Å²) < 4.78 is 1.75. The molecule has 1 N–H and O–H groups in total. The van der Waals surface area contributed by atoms with E-state index >= 15 is 0 Å². The standard InChI is InChI=1S/C17H32N3O2/c1-7-16(21)10-9-12-19(3,4)14-15-20(5,6)13-11-18-17(22)8-2/h7-8H,1-2,9-15H2,3-6H3/q+1/p+1. The van der Waals surface area contributed by atoms with Crippen LogP contribution < -0.4 is 5.32 Å². The first-order valence-corrected chi connectivity index (χ1v) is 7.81. The van der Waals surface area contributed by atoms with Crippen LogP contribution in [0, 0.1) is 0 Å². The van der Waals surface area contributed by atoms with Gasteiger partial charge in [0.15, 0.2) is 5.78 Å². The van der Waals surface area contributed by atoms with E-state index in [1.54, 1.807) is 0 Å². The van der Waals surface area contributed by atoms with E-state index in [1.807, 2.05) is 0 Å². The SMILES string of the molecule is C=CC(=O)CCC[N+](C)(C)CC[N+](C)(C)CCNC(=O)C=C. The largest absolute Gasteiger partial charge is 0.347 e. The van der Waals surface area contributed by atoms with Gasteiger partial charge in [-0.25, -0.2) is 0 Å². The number of likely N-dealkylation sites (N-methyl/N-ethyl adjacent to an activating group) is 2. The van der Waals surface area contributed by atoms with Gasteiger partial charge in [0.25, 0.3) is 0 Å². The van der Waals surface area contributed by atoms with E-state index in [-0.39, 0.29) is 11.7 Å². The predicted molar refractivity (Wildman–Crippen MR) is 91.3 cm³/mol. The number of quaternary nitrogens is 2. The molecule has 0 aliphatic heterocycles. The highest BCUT2D eigenvalue weighted by atomic mass is 16.1. The Hall–Kier alpha value is -1.46. The molecule has 0 rings (SSSR count). The first-order valence-electron chi connectivity index (χ1n) is 7.81. The topological polar surface area (TPSA) is 46.2 Å². The van der Waals surface area contributed by atoms with Crippen LogP contribution in [0.4, 0.5) is 0 Å². The van der Waals surface area contributed by atoms with Gasteiger partial charge >= 0.3 is 0 Å². The molecular formula is C17H33N3O2+2. The summed E-state index contributed by atoms with van der Waals surface area (Å²) in [6.45, 7) is 11.5. The monoisotopic (exact) mass is 311 g/mol. The number of hydrogen-bond acceptors (Lipinski definition) is 2. The number of carbonyl (C=O) groups is 2. The number of nitrogens with zero attached hydrogens (tertiary/aromatic N) is 2. The Morgan fingerprint density at radius 1 is 0.909 bits per heavy atom. The Balaban J connectivity index is 4.09. The second-order valence-corrected chi connectivity index (χ2v) is 7.04. The van der Waals surface area contributed by atoms with Gasteiger partial charge in [0.2, 0.25) is 5.91 Å². The third-order valence-corrected chi connectivity index (χ3v) is 3.93. The summed E-state index contributed by atoms with van der Waals surface area (Å²) in [5.74, 6) is -0.00271. The molecule has 1 amide bonds. The summed E-state index contributed by atoms with van der Waals surface area (Å²) in [5.41, 5.74) is 0. The van der Waals surface area contributed by atoms with Gasteiger partial charge in [-0.05, 0) is 12.2 Å². The summed E-state index contributed by atoms with van der Waals surface area (Å²) >= 11 is 0. The van der Waals surface area contributed by atoms with E-state index in [0.29, 0.717) is 13.0 Å². The van der Waals surface area contributed by atoms with Crippen molar-refractivity contribution in [2.45, 2.75) is 12.8 Å². The average Bonchev–Trinajstić information content (AvgIpc) is 2.44. The Labute approximate surface area is 135 Å². The number of allylic oxidation sites excluding steroid dienone is 1. The quantitative estimate of drug-likeness (QED) is 0.431. The molecule has 0 bridgehead atoms. The van der Waals surface area contributed by atoms with Gasteiger partial charge in [0.1, 0.15) is 13.1 Å². The molecule has 0 aliphatic carbocycles. The van der Waals surface area contributed by atoms with Crippen LogP contribution in [0.3, 0.4) is 0 Å². The van der Waals surface area contributed by atoms with Gasteiger partial charge in [-0.15, -0.1) is 0 Å². The van der Waals surface area contributed by atoms with Gasteiger partial charge in [-0.2, -0.15) is 0 Å². The molecule has 0 aliphatic rings. The summed E-state index contributed by atoms with van der Waals surface area (Å²) in [6, 6.07) is 0. The molecule has 126 valence electrons. The smallest absolute Gasteiger partial charge is 0.243 e. The van der Waals surface area contributed by atoms with Crippen molar-refractivity contribution >= 4 is 11.7 Å². The van der Waals surface area contributed by atoms with Crippen LogP contribution in [0.15, 0.2) is 25.3 Å². The van der Waals surface area contributed by atoms with E-state index in [9.17, 15) is 9.59 Å². The highest BCUT2D eigenvalue weighted by Crippen LogP contribution is 2.05. The summed E-state index contributed by atoms with van der Waals surface area (Å²) in [5, 5.41) is 2.81. The number of hydrogen-bond donors (Lipinski definition) is 1. The molecule has 0 radical (unpaired) electrons. The van der Waals surface area contributed by atoms with Crippen LogP contribution in [-0.4, -0.2) is 81.6 Å². The van der Waals surface area contributed by atoms with Crippen molar-refractivity contribution in [1.82, 2.24) is 5.32 Å². The maximum absolute atomic E-state index is 11.2. The van der Waals surface area contributed by atoms with Crippen LogP contribution in [0.2, 0.25) is 0 Å². The van der Waals surface area contributed by atoms with E-state index in [0.717, 1.165) is 41.6 Å². The fraction of sp³-hybridized carbons (Fsp3) is 0.647. The fourth-order valence-electron chi connectivity index (χ4n) is 2.10. The molecule has 5 heteroatoms. The van der Waals surface area contributed by atoms with Crippen molar-refractivity contribution < 1.29 is 18.6 Å². The molecule has 0 unspecified atom stereocenters. The minimum atomic E-state index is -0.122. The summed E-state index contributed by atoms with van der Waals surface area (Å²) in [6.07, 6.45) is 4.17. The third-order valence-electron chi connectivity index (χ3n) is 3.93. The minimum Gasteiger partial charge on any atom is -0.347 e. The first-order chi connectivity index (χ1) is 10.1. The van der Waals surface area contributed by atoms with E-state index in [4.69, 9.17) is 0 Å². The van der Waals surface area contributed by atoms with Crippen molar-refractivity contribution in [3.63, 3.8) is 0 Å². The fourth-order valence-corrected chi connectivity index (χ4v) is 2.10. The van der Waals surface area contributed by atoms with Crippen molar-refractivity contribution in [2.75, 3.05) is 60.9 Å². The van der Waals surface area contributed by atoms with Crippen molar-refractivity contribution in [3.8, 4) is 0 Å². The molecule has 0 spiro atoms. The second-order valence-electron chi connectivity index (χ2n) is 7.04. The number of amides is 1. The van der Waals surface area contributed by atoms with Crippen molar-refractivity contribution in [2.24, 2.45) is 0 Å². The lowest BCUT2D eigenvalue weighted by Crippen LogP contribution is -2.53. The molecule has 0 atom stereocenters. The number of ketones is 1. The highest BCUT2D eigenvalue weighted by Gasteiger charge is 2.22. The molecule has 0 saturated carbocycles. The van der Waals surface area contributed by atoms with Crippen LogP contribution >= 0.6 is 0 Å². The zero-order valence-corrected chi connectivity index (χ0v) is 14.7. The van der Waals surface area contributed by atoms with Crippen molar-refractivity contribution in [3.05, 3.63) is 25.3 Å². The Morgan fingerprint density at radius 3 is 1.95 bits per heavy atom. The van der Waals surface area contributed by atoms with Crippen LogP contribution in [0.25, 0.3) is 0 Å². The lowest BCUT2D eigenvalue weighted by molar-refractivity contribution is -0.945. The lowest BCUT2D eigenvalue weighted by atomic mass is 10.2. The zero-order valence-electron chi connectivity index (χ0n) is 14.7. The first kappa shape index (κ1) is 20.5. The van der Waals surface area contributed by atoms with Gasteiger partial charge in [0.05, 0.1) is 47.8 Å². The Bertz CT molecular complexity index is 363. The molecule has 0 aromatic heterocycles. The minimum absolute atomic E-state index is 0.120. The summed E-state index contributed by atoms with van der Waals surface area (Å²) in [7, 11) is 8.72. The zero-order chi connectivity index (χ0) is 17.2. The van der Waals surface area contributed by atoms with Gasteiger partial charge in [0, 0.05) is 12.8 Å². The lowest BCUT2D eigenvalue weighted by Gasteiger charge is -2.35. The molecule has 0 aromatic carbocycles. The maximum Gasteiger partial charge on any atom is 0.243 e. The highest BCUT2D eigenvalue weighted by molar-refractivity contribution is 5.88. The number of carbonyl (C=O) groups excluding carboxylic acids is 2. The molecule has 22 heavy (non-hydrogen) atoms. The van der Waals surface area contributed by atoms with Gasteiger partial charge in [-0.1, -0.05) is 13.2 Å². The normalized spacial score (nSPS) is 11.8. The Kier molecular flexibility index (Phi) is 8.90. The molecule has 0 saturated heterocycles. The van der Waals surface area contributed by atoms with Gasteiger partial charge < -0.3 is 14.3 Å². The van der Waals surface area contributed by atoms with E-state index < -0.39 is 0 Å². The van der Waals surface area contributed by atoms with Crippen LogP contribution in [0.1, 0.15) is 12.8 Å². The molecule has 5 nitrogen and oxygen atoms in total. The van der Waals surface area contributed by atoms with Gasteiger partial charge in [-0.3, -0.25) is 9.59 Å². The molecule has 0 aromatic rings. The van der Waals surface area contributed by atoms with E-state index in [2.05, 4.69) is 46.7 Å². The maximum atomic E-state index is 11.2. The Morgan fingerprint density at radius 2 is 1.45 bits per heavy atom. The molecule has 0 heterocycles.